The van der Waals surface area contributed by atoms with Gasteiger partial charge in [-0.15, -0.1) is 0 Å². The maximum absolute atomic E-state index is 13.1. The Morgan fingerprint density at radius 2 is 0.831 bits per heavy atom. The smallest absolute Gasteiger partial charge is 0.354 e. The van der Waals surface area contributed by atoms with Gasteiger partial charge in [-0.2, -0.15) is 0 Å². The van der Waals surface area contributed by atoms with Gasteiger partial charge in [-0.05, 0) is 123 Å². The topological polar surface area (TPSA) is 624 Å². The van der Waals surface area contributed by atoms with Crippen molar-refractivity contribution in [1.82, 2.24) is 80.6 Å². The highest BCUT2D eigenvalue weighted by molar-refractivity contribution is 5.95. The molecule has 0 spiro atoms. The van der Waals surface area contributed by atoms with E-state index in [0.717, 1.165) is 25.7 Å². The molecular weight excluding hydrogens is 1700 g/mol. The third-order valence-electron chi connectivity index (χ3n) is 20.5. The molecule has 6 rings (SSSR count). The number of nitrogens with zero attached hydrogens (tertiary/aromatic N) is 9. The van der Waals surface area contributed by atoms with Crippen LogP contribution in [0.15, 0.2) is 86.0 Å². The predicted molar refractivity (Wildman–Crippen MR) is 478 cm³/mol. The third-order valence-corrected chi connectivity index (χ3v) is 20.5. The van der Waals surface area contributed by atoms with Gasteiger partial charge in [-0.3, -0.25) is 82.7 Å². The SMILES string of the molecule is C.CC(=O)N(O)CCCCCCC(=O)CCC(=O)N(O)CCCCCNC(=O)CCC(=O)N(O)CCCCCN.CC(=O)NC(CCC(=O)NCc1c(O)c(=O)cc(C)n1C)(CCC(=O)NCc1c(O)c(=O)cc(C)n1C)CCC(=O)NCc1c(O)c(=O)cc(C)n1C.Cc1c(O)c(=O)ccn1C.O=C(O)c1cccc(CNCCNCc2cccc(C(=O)O)n2)n1.[2H]F.[B]O. The van der Waals surface area contributed by atoms with Gasteiger partial charge in [-0.1, -0.05) is 38.8 Å². The highest BCUT2D eigenvalue weighted by atomic mass is 19.0. The summed E-state index contributed by atoms with van der Waals surface area (Å²) in [5.41, 5.74) is 6.28. The molecule has 8 amide bonds. The summed E-state index contributed by atoms with van der Waals surface area (Å²) >= 11 is 0. The van der Waals surface area contributed by atoms with Crippen molar-refractivity contribution in [3.63, 3.8) is 0 Å². The van der Waals surface area contributed by atoms with Crippen LogP contribution in [-0.4, -0.2) is 221 Å². The first-order valence-electron chi connectivity index (χ1n) is 42.0. The van der Waals surface area contributed by atoms with E-state index in [9.17, 15) is 103 Å². The van der Waals surface area contributed by atoms with Crippen LogP contribution in [0.2, 0.25) is 0 Å². The molecule has 720 valence electrons. The number of aryl methyl sites for hydroxylation is 4. The monoisotopic (exact) mass is 1830 g/mol. The molecule has 44 heteroatoms. The summed E-state index contributed by atoms with van der Waals surface area (Å²) in [5, 5.41) is 115. The number of unbranched alkanes of at least 4 members (excludes halogenated alkanes) is 7. The van der Waals surface area contributed by atoms with Crippen LogP contribution in [0.1, 0.15) is 228 Å². The molecule has 0 saturated carbocycles. The number of Topliss-reactive ketones (excluding diaryl/α,β-unsaturated/α-hetero) is 1. The maximum atomic E-state index is 13.1. The predicted octanol–water partition coefficient (Wildman–Crippen LogP) is 3.45. The average Bonchev–Trinajstić information content (AvgIpc) is 0.824. The van der Waals surface area contributed by atoms with Crippen LogP contribution < -0.4 is 64.7 Å². The minimum absolute atomic E-state index is 0. The number of amides is 8. The molecule has 0 bridgehead atoms. The molecule has 6 heterocycles. The van der Waals surface area contributed by atoms with E-state index in [2.05, 4.69) is 56.7 Å². The lowest BCUT2D eigenvalue weighted by Gasteiger charge is -2.35. The number of rotatable bonds is 49. The second-order valence-electron chi connectivity index (χ2n) is 30.2. The molecule has 0 aliphatic carbocycles. The molecule has 0 aromatic carbocycles. The van der Waals surface area contributed by atoms with E-state index in [0.29, 0.717) is 134 Å². The first-order valence-corrected chi connectivity index (χ1v) is 41.6. The lowest BCUT2D eigenvalue weighted by Crippen LogP contribution is -2.49. The molecule has 130 heavy (non-hydrogen) atoms. The highest BCUT2D eigenvalue weighted by Crippen LogP contribution is 2.27. The zero-order valence-electron chi connectivity index (χ0n) is 75.8. The summed E-state index contributed by atoms with van der Waals surface area (Å²) in [4.78, 5) is 187. The zero-order chi connectivity index (χ0) is 98.3. The highest BCUT2D eigenvalue weighted by Gasteiger charge is 2.34. The lowest BCUT2D eigenvalue weighted by molar-refractivity contribution is -0.166. The van der Waals surface area contributed by atoms with Crippen molar-refractivity contribution in [3.05, 3.63) is 170 Å². The van der Waals surface area contributed by atoms with Crippen LogP contribution in [0, 0.1) is 27.7 Å². The van der Waals surface area contributed by atoms with Crippen LogP contribution in [0.25, 0.3) is 0 Å². The Bertz CT molecular complexity index is 4660. The third kappa shape index (κ3) is 43.9. The molecule has 0 aliphatic heterocycles. The number of carboxylic acid groups (broad SMARTS) is 2. The summed E-state index contributed by atoms with van der Waals surface area (Å²) < 4.78 is 19.4. The number of hydrogen-bond acceptors (Lipinski definition) is 28. The number of aromatic nitrogens is 6. The number of halogens is 1. The molecule has 6 aromatic rings. The van der Waals surface area contributed by atoms with Gasteiger partial charge >= 0.3 is 11.9 Å². The Hall–Kier alpha value is -12.6. The Morgan fingerprint density at radius 1 is 0.462 bits per heavy atom. The second-order valence-corrected chi connectivity index (χ2v) is 30.2. The number of aromatic carboxylic acids is 2. The summed E-state index contributed by atoms with van der Waals surface area (Å²) in [7, 11) is 10.2. The van der Waals surface area contributed by atoms with Crippen LogP contribution in [0.5, 0.6) is 23.0 Å². The number of nitrogens with two attached hydrogens (primary N) is 1. The van der Waals surface area contributed by atoms with E-state index < -0.39 is 92.4 Å². The van der Waals surface area contributed by atoms with Crippen LogP contribution >= 0.6 is 0 Å². The molecule has 19 N–H and O–H groups in total. The molecule has 0 unspecified atom stereocenters. The van der Waals surface area contributed by atoms with Gasteiger partial charge in [0.25, 0.3) is 9.50 Å². The van der Waals surface area contributed by atoms with Crippen molar-refractivity contribution in [1.29, 1.82) is 1.45 Å². The standard InChI is InChI=1S/C36H49N7O10.C26H49N5O8.C16H18N4O4.C7H9NO2.CH4.BHO.FH/c1-20-14-27(45)33(51)24(41(20)5)17-37-30(48)8-11-36(40-23(4)44,12-9-31(49)38-18-25-34(52)28(46)15-21(2)42(25)6)13-10-32(50)39-19-26-35(53)29(47)16-22(3)43(26)7;1-22(32)29(37)19-9-3-2-6-12-23(33)13-15-25(35)30(38)21-11-5-8-18-28-24(34)14-16-26(36)31(39)20-10-4-7-17-27;21-15(22)13-5-1-3-11(19-13)9-17-7-8-18-10-12-4-2-6-14(20-12)16(23)24;1-5-7(10)6(9)3-4-8(5)2;;1-2;/h14-16,51-53H,8-13,17-19H2,1-7H3,(H,37,48)(H,38,49)(H,39,50)(H,40,44);37-39H,2-21,27H2,1H3,(H,28,34);1-6,17-18H,7-10H2,(H,21,22)(H,23,24);3-4,10H,1-2H3;1H4;2H;1H/i/hD. The van der Waals surface area contributed by atoms with Gasteiger partial charge in [0.1, 0.15) is 17.2 Å². The Kier molecular flexibility index (Phi) is 55.5. The molecule has 2 radical (unpaired) electrons. The molecule has 0 fully saturated rings. The van der Waals surface area contributed by atoms with Crippen LogP contribution in [0.4, 0.5) is 4.72 Å². The number of hydrogen-bond donors (Lipinski definition) is 18. The number of aromatic hydroxyl groups is 4. The van der Waals surface area contributed by atoms with Crippen LogP contribution in [0.3, 0.4) is 0 Å². The zero-order valence-corrected chi connectivity index (χ0v) is 74.8. The molecular formula is C86H131BFN17O25. The fourth-order valence-electron chi connectivity index (χ4n) is 12.4. The molecule has 0 saturated heterocycles. The second kappa shape index (κ2) is 62.6. The number of carbonyl (C=O) groups excluding carboxylic acids is 9. The van der Waals surface area contributed by atoms with Gasteiger partial charge in [-0.25, -0.2) is 34.7 Å². The fraction of sp³-hybridized carbons (Fsp3) is 0.523. The Morgan fingerprint density at radius 3 is 1.21 bits per heavy atom. The fourth-order valence-corrected chi connectivity index (χ4v) is 12.4. The first-order chi connectivity index (χ1) is 61.5. The number of carboxylic acids is 2. The number of carbonyl (C=O) groups is 11. The number of ketones is 1. The van der Waals surface area contributed by atoms with Crippen molar-refractivity contribution < 1.29 is 109 Å². The van der Waals surface area contributed by atoms with E-state index in [1.54, 1.807) is 105 Å². The quantitative estimate of drug-likeness (QED) is 0.0113. The van der Waals surface area contributed by atoms with Gasteiger partial charge in [0, 0.05) is 199 Å². The summed E-state index contributed by atoms with van der Waals surface area (Å²) in [5.74, 6) is -7.45. The van der Waals surface area contributed by atoms with Crippen molar-refractivity contribution in [2.45, 2.75) is 222 Å². The van der Waals surface area contributed by atoms with Crippen LogP contribution in [-0.2, 0) is 104 Å². The Labute approximate surface area is 755 Å². The maximum Gasteiger partial charge on any atom is 0.354 e. The minimum atomic E-state index is -1.26. The largest absolute Gasteiger partial charge is 0.503 e. The van der Waals surface area contributed by atoms with E-state index >= 15 is 0 Å². The number of nitrogens with one attached hydrogen (secondary N) is 7. The van der Waals surface area contributed by atoms with E-state index in [4.69, 9.17) is 30.8 Å². The van der Waals surface area contributed by atoms with Crippen molar-refractivity contribution in [2.75, 3.05) is 45.8 Å². The number of pyridine rings is 6. The minimum Gasteiger partial charge on any atom is -0.503 e. The first kappa shape index (κ1) is 115. The summed E-state index contributed by atoms with van der Waals surface area (Å²) in [6.45, 7) is 12.6. The van der Waals surface area contributed by atoms with E-state index in [-0.39, 0.29) is 162 Å². The van der Waals surface area contributed by atoms with Gasteiger partial charge in [0.05, 0.1) is 53.8 Å². The average molecular weight is 1830 g/mol. The Balaban J connectivity index is 0.00000188. The molecule has 0 aliphatic rings. The molecule has 0 atom stereocenters. The molecule has 42 nitrogen and oxygen atoms in total. The summed E-state index contributed by atoms with van der Waals surface area (Å²) in [6.07, 6.45) is 8.34. The van der Waals surface area contributed by atoms with Gasteiger partial charge in [0.2, 0.25) is 69.0 Å². The van der Waals surface area contributed by atoms with Gasteiger partial charge in [0.15, 0.2) is 23.0 Å². The van der Waals surface area contributed by atoms with Crippen molar-refractivity contribution >= 4 is 73.0 Å². The normalized spacial score (nSPS) is 10.6. The lowest BCUT2D eigenvalue weighted by atomic mass is 9.83. The van der Waals surface area contributed by atoms with E-state index in [1.807, 2.05) is 0 Å². The van der Waals surface area contributed by atoms with Gasteiger partial charge < -0.3 is 96.9 Å². The summed E-state index contributed by atoms with van der Waals surface area (Å²) in [6, 6.07) is 14.9. The van der Waals surface area contributed by atoms with E-state index in [1.165, 1.54) is 50.2 Å². The molecule has 6 aromatic heterocycles. The van der Waals surface area contributed by atoms with Crippen molar-refractivity contribution in [3.8, 4) is 23.0 Å². The van der Waals surface area contributed by atoms with Crippen molar-refractivity contribution in [2.24, 2.45) is 33.9 Å². The number of hydroxylamine groups is 6.